The third kappa shape index (κ3) is 8.38. The van der Waals surface area contributed by atoms with Crippen LogP contribution in [0.25, 0.3) is 0 Å². The van der Waals surface area contributed by atoms with Gasteiger partial charge in [0, 0.05) is 37.4 Å². The van der Waals surface area contributed by atoms with Crippen molar-refractivity contribution in [3.05, 3.63) is 108 Å². The van der Waals surface area contributed by atoms with Crippen LogP contribution < -0.4 is 5.32 Å². The first-order valence-electron chi connectivity index (χ1n) is 11.9. The second kappa shape index (κ2) is 14.3. The Balaban J connectivity index is 1.75. The lowest BCUT2D eigenvalue weighted by Gasteiger charge is -2.31. The van der Waals surface area contributed by atoms with E-state index in [2.05, 4.69) is 17.4 Å². The zero-order valence-electron chi connectivity index (χ0n) is 19.9. The normalized spacial score (nSPS) is 11.6. The molecule has 5 heteroatoms. The Kier molecular flexibility index (Phi) is 10.7. The molecule has 0 radical (unpaired) electrons. The largest absolute Gasteiger partial charge is 0.354 e. The monoisotopic (exact) mass is 474 g/mol. The zero-order chi connectivity index (χ0) is 24.0. The third-order valence-electron chi connectivity index (χ3n) is 5.59. The summed E-state index contributed by atoms with van der Waals surface area (Å²) in [6.07, 6.45) is 1.75. The average Bonchev–Trinajstić information content (AvgIpc) is 2.89. The Morgan fingerprint density at radius 1 is 0.824 bits per heavy atom. The van der Waals surface area contributed by atoms with Crippen molar-refractivity contribution < 1.29 is 9.59 Å². The molecule has 0 bridgehead atoms. The molecule has 0 heterocycles. The van der Waals surface area contributed by atoms with Crippen LogP contribution in [0.2, 0.25) is 0 Å². The van der Waals surface area contributed by atoms with Crippen LogP contribution in [0.3, 0.4) is 0 Å². The van der Waals surface area contributed by atoms with Crippen molar-refractivity contribution in [2.24, 2.45) is 0 Å². The highest BCUT2D eigenvalue weighted by atomic mass is 32.2. The van der Waals surface area contributed by atoms with E-state index in [1.165, 1.54) is 5.56 Å². The van der Waals surface area contributed by atoms with Gasteiger partial charge in [-0.25, -0.2) is 0 Å². The average molecular weight is 475 g/mol. The number of nitrogens with one attached hydrogen (secondary N) is 1. The van der Waals surface area contributed by atoms with Gasteiger partial charge in [0.25, 0.3) is 0 Å². The van der Waals surface area contributed by atoms with Crippen LogP contribution in [0.5, 0.6) is 0 Å². The Bertz CT molecular complexity index is 996. The first-order chi connectivity index (χ1) is 16.7. The summed E-state index contributed by atoms with van der Waals surface area (Å²) in [6.45, 7) is 3.05. The van der Waals surface area contributed by atoms with Crippen molar-refractivity contribution in [1.29, 1.82) is 0 Å². The summed E-state index contributed by atoms with van der Waals surface area (Å²) in [5.74, 6) is 1.51. The standard InChI is InChI=1S/C29H34N2O2S/c1-2-19-30-29(33)27(21-24-12-6-3-7-13-24)31(22-25-14-8-4-9-15-25)28(32)18-20-34-23-26-16-10-5-11-17-26/h3-17,27H,2,18-23H2,1H3,(H,30,33). The van der Waals surface area contributed by atoms with Gasteiger partial charge < -0.3 is 10.2 Å². The summed E-state index contributed by atoms with van der Waals surface area (Å²) in [7, 11) is 0. The molecule has 0 fully saturated rings. The number of carbonyl (C=O) groups excluding carboxylic acids is 2. The first kappa shape index (κ1) is 25.6. The van der Waals surface area contributed by atoms with Crippen molar-refractivity contribution >= 4 is 23.6 Å². The van der Waals surface area contributed by atoms with Crippen molar-refractivity contribution in [1.82, 2.24) is 10.2 Å². The molecule has 178 valence electrons. The maximum Gasteiger partial charge on any atom is 0.243 e. The fraction of sp³-hybridized carbons (Fsp3) is 0.310. The predicted octanol–water partition coefficient (Wildman–Crippen LogP) is 5.48. The number of hydrogen-bond donors (Lipinski definition) is 1. The van der Waals surface area contributed by atoms with E-state index in [0.717, 1.165) is 23.3 Å². The van der Waals surface area contributed by atoms with Gasteiger partial charge >= 0.3 is 0 Å². The summed E-state index contributed by atoms with van der Waals surface area (Å²) in [6, 6.07) is 29.6. The van der Waals surface area contributed by atoms with Gasteiger partial charge in [0.15, 0.2) is 0 Å². The van der Waals surface area contributed by atoms with Gasteiger partial charge in [-0.2, -0.15) is 11.8 Å². The lowest BCUT2D eigenvalue weighted by Crippen LogP contribution is -2.50. The van der Waals surface area contributed by atoms with E-state index in [-0.39, 0.29) is 11.8 Å². The molecular formula is C29H34N2O2S. The summed E-state index contributed by atoms with van der Waals surface area (Å²) < 4.78 is 0. The SMILES string of the molecule is CCCNC(=O)C(Cc1ccccc1)N(Cc1ccccc1)C(=O)CCSCc1ccccc1. The van der Waals surface area contributed by atoms with Crippen LogP contribution in [0.15, 0.2) is 91.0 Å². The molecule has 1 unspecified atom stereocenters. The number of amides is 2. The Morgan fingerprint density at radius 2 is 1.38 bits per heavy atom. The topological polar surface area (TPSA) is 49.4 Å². The highest BCUT2D eigenvalue weighted by molar-refractivity contribution is 7.98. The molecule has 0 aliphatic rings. The number of rotatable bonds is 13. The quantitative estimate of drug-likeness (QED) is 0.334. The van der Waals surface area contributed by atoms with Crippen LogP contribution in [0.4, 0.5) is 0 Å². The molecule has 3 aromatic rings. The highest BCUT2D eigenvalue weighted by Crippen LogP contribution is 2.18. The van der Waals surface area contributed by atoms with Crippen molar-refractivity contribution in [2.75, 3.05) is 12.3 Å². The molecule has 3 aromatic carbocycles. The van der Waals surface area contributed by atoms with E-state index in [4.69, 9.17) is 0 Å². The summed E-state index contributed by atoms with van der Waals surface area (Å²) in [5, 5.41) is 3.02. The third-order valence-corrected chi connectivity index (χ3v) is 6.62. The molecule has 1 atom stereocenters. The molecule has 0 aliphatic carbocycles. The second-order valence-corrected chi connectivity index (χ2v) is 9.40. The van der Waals surface area contributed by atoms with Gasteiger partial charge in [-0.3, -0.25) is 9.59 Å². The van der Waals surface area contributed by atoms with E-state index in [1.807, 2.05) is 85.8 Å². The van der Waals surface area contributed by atoms with Crippen molar-refractivity contribution in [3.63, 3.8) is 0 Å². The molecule has 0 saturated carbocycles. The van der Waals surface area contributed by atoms with E-state index < -0.39 is 6.04 Å². The fourth-order valence-corrected chi connectivity index (χ4v) is 4.66. The summed E-state index contributed by atoms with van der Waals surface area (Å²) >= 11 is 1.75. The first-order valence-corrected chi connectivity index (χ1v) is 13.1. The van der Waals surface area contributed by atoms with E-state index in [9.17, 15) is 9.59 Å². The minimum Gasteiger partial charge on any atom is -0.354 e. The molecule has 3 rings (SSSR count). The van der Waals surface area contributed by atoms with E-state index in [1.54, 1.807) is 16.7 Å². The minimum absolute atomic E-state index is 0.0111. The van der Waals surface area contributed by atoms with Gasteiger partial charge in [0.2, 0.25) is 11.8 Å². The molecule has 4 nitrogen and oxygen atoms in total. The van der Waals surface area contributed by atoms with Crippen molar-refractivity contribution in [3.8, 4) is 0 Å². The minimum atomic E-state index is -0.555. The maximum atomic E-state index is 13.5. The molecule has 1 N–H and O–H groups in total. The molecule has 2 amide bonds. The molecule has 0 saturated heterocycles. The second-order valence-electron chi connectivity index (χ2n) is 8.29. The number of nitrogens with zero attached hydrogens (tertiary/aromatic N) is 1. The number of hydrogen-bond acceptors (Lipinski definition) is 3. The number of benzene rings is 3. The highest BCUT2D eigenvalue weighted by Gasteiger charge is 2.29. The summed E-state index contributed by atoms with van der Waals surface area (Å²) in [5.41, 5.74) is 3.32. The predicted molar refractivity (Wildman–Crippen MR) is 141 cm³/mol. The van der Waals surface area contributed by atoms with Gasteiger partial charge in [-0.15, -0.1) is 0 Å². The van der Waals surface area contributed by atoms with Gasteiger partial charge in [-0.05, 0) is 23.1 Å². The van der Waals surface area contributed by atoms with E-state index >= 15 is 0 Å². The Labute approximate surface area is 207 Å². The Hall–Kier alpha value is -3.05. The van der Waals surface area contributed by atoms with Gasteiger partial charge in [0.05, 0.1) is 0 Å². The van der Waals surface area contributed by atoms with Crippen LogP contribution in [-0.4, -0.2) is 35.1 Å². The van der Waals surface area contributed by atoms with Crippen molar-refractivity contribution in [2.45, 2.75) is 44.5 Å². The number of carbonyl (C=O) groups is 2. The number of thioether (sulfide) groups is 1. The zero-order valence-corrected chi connectivity index (χ0v) is 20.7. The van der Waals surface area contributed by atoms with Crippen LogP contribution in [-0.2, 0) is 28.3 Å². The lowest BCUT2D eigenvalue weighted by atomic mass is 10.0. The van der Waals surface area contributed by atoms with E-state index in [0.29, 0.717) is 31.7 Å². The van der Waals surface area contributed by atoms with Crippen LogP contribution in [0.1, 0.15) is 36.5 Å². The summed E-state index contributed by atoms with van der Waals surface area (Å²) in [4.78, 5) is 28.5. The lowest BCUT2D eigenvalue weighted by molar-refractivity contribution is -0.141. The molecule has 0 spiro atoms. The maximum absolute atomic E-state index is 13.5. The molecule has 0 aromatic heterocycles. The molecular weight excluding hydrogens is 440 g/mol. The molecule has 0 aliphatic heterocycles. The smallest absolute Gasteiger partial charge is 0.243 e. The molecule has 34 heavy (non-hydrogen) atoms. The van der Waals surface area contributed by atoms with Crippen LogP contribution >= 0.6 is 11.8 Å². The van der Waals surface area contributed by atoms with Gasteiger partial charge in [-0.1, -0.05) is 97.9 Å². The van der Waals surface area contributed by atoms with Gasteiger partial charge in [0.1, 0.15) is 6.04 Å². The Morgan fingerprint density at radius 3 is 1.97 bits per heavy atom. The van der Waals surface area contributed by atoms with Crippen LogP contribution in [0, 0.1) is 0 Å². The fourth-order valence-electron chi connectivity index (χ4n) is 3.77.